The predicted molar refractivity (Wildman–Crippen MR) is 76.4 cm³/mol. The highest BCUT2D eigenvalue weighted by Crippen LogP contribution is 2.35. The summed E-state index contributed by atoms with van der Waals surface area (Å²) in [6.45, 7) is 2.07. The zero-order valence-electron chi connectivity index (χ0n) is 11.3. The maximum Gasteiger partial charge on any atom is 0.143 e. The summed E-state index contributed by atoms with van der Waals surface area (Å²) in [5.41, 5.74) is 1.97. The number of Topliss-reactive ketones (excluding diaryl/α,β-unsaturated/α-hetero) is 1. The molecular formula is C14H19NO3S. The van der Waals surface area contributed by atoms with Crippen molar-refractivity contribution >= 4 is 17.5 Å². The van der Waals surface area contributed by atoms with Crippen LogP contribution in [0.1, 0.15) is 24.1 Å². The summed E-state index contributed by atoms with van der Waals surface area (Å²) in [6.07, 6.45) is 0. The van der Waals surface area contributed by atoms with Crippen LogP contribution in [-0.2, 0) is 11.4 Å². The third-order valence-corrected chi connectivity index (χ3v) is 4.34. The molecule has 19 heavy (non-hydrogen) atoms. The maximum atomic E-state index is 11.3. The molecule has 104 valence electrons. The lowest BCUT2D eigenvalue weighted by molar-refractivity contribution is -0.118. The lowest BCUT2D eigenvalue weighted by Gasteiger charge is -2.24. The number of aliphatic hydroxyl groups is 1. The van der Waals surface area contributed by atoms with Crippen molar-refractivity contribution in [1.82, 2.24) is 4.90 Å². The molecule has 1 fully saturated rings. The molecule has 4 nitrogen and oxygen atoms in total. The van der Waals surface area contributed by atoms with Crippen molar-refractivity contribution in [2.75, 3.05) is 25.3 Å². The maximum absolute atomic E-state index is 11.3. The lowest BCUT2D eigenvalue weighted by Crippen LogP contribution is -2.29. The number of nitrogens with zero attached hydrogens (tertiary/aromatic N) is 1. The number of benzene rings is 1. The van der Waals surface area contributed by atoms with E-state index in [1.807, 2.05) is 30.0 Å². The highest BCUT2D eigenvalue weighted by atomic mass is 32.2. The summed E-state index contributed by atoms with van der Waals surface area (Å²) in [4.78, 5) is 13.5. The quantitative estimate of drug-likeness (QED) is 0.892. The van der Waals surface area contributed by atoms with Crippen molar-refractivity contribution in [3.05, 3.63) is 29.3 Å². The molecule has 0 spiro atoms. The molecule has 1 saturated heterocycles. The molecular weight excluding hydrogens is 262 g/mol. The molecule has 0 aliphatic carbocycles. The smallest absolute Gasteiger partial charge is 0.143 e. The fourth-order valence-corrected chi connectivity index (χ4v) is 3.60. The Labute approximate surface area is 117 Å². The summed E-state index contributed by atoms with van der Waals surface area (Å²) < 4.78 is 5.18. The number of hydrogen-bond acceptors (Lipinski definition) is 5. The number of methoxy groups -OCH3 is 1. The third-order valence-electron chi connectivity index (χ3n) is 3.28. The molecule has 1 atom stereocenters. The monoisotopic (exact) mass is 281 g/mol. The molecule has 0 saturated carbocycles. The van der Waals surface area contributed by atoms with Gasteiger partial charge in [0.05, 0.1) is 20.3 Å². The number of ether oxygens (including phenoxy) is 1. The van der Waals surface area contributed by atoms with Gasteiger partial charge < -0.3 is 9.84 Å². The van der Waals surface area contributed by atoms with Gasteiger partial charge in [-0.25, -0.2) is 0 Å². The molecule has 2 rings (SSSR count). The Bertz CT molecular complexity index is 464. The van der Waals surface area contributed by atoms with E-state index in [9.17, 15) is 9.90 Å². The SMILES string of the molecule is COc1ccc(C2CSCN2CC(C)=O)c(CO)c1. The zero-order chi connectivity index (χ0) is 13.8. The number of thioether (sulfide) groups is 1. The summed E-state index contributed by atoms with van der Waals surface area (Å²) in [5.74, 6) is 2.73. The molecule has 1 N–H and O–H groups in total. The second-order valence-corrected chi connectivity index (χ2v) is 5.69. The molecule has 0 amide bonds. The van der Waals surface area contributed by atoms with E-state index in [1.165, 1.54) is 0 Å². The first kappa shape index (κ1) is 14.4. The van der Waals surface area contributed by atoms with Crippen LogP contribution in [0.5, 0.6) is 5.75 Å². The van der Waals surface area contributed by atoms with Gasteiger partial charge in [-0.05, 0) is 30.2 Å². The summed E-state index contributed by atoms with van der Waals surface area (Å²) in [6, 6.07) is 5.96. The molecule has 1 unspecified atom stereocenters. The number of hydrogen-bond donors (Lipinski definition) is 1. The van der Waals surface area contributed by atoms with Crippen LogP contribution >= 0.6 is 11.8 Å². The average Bonchev–Trinajstić information content (AvgIpc) is 2.85. The minimum Gasteiger partial charge on any atom is -0.497 e. The summed E-state index contributed by atoms with van der Waals surface area (Å²) in [5, 5.41) is 9.52. The van der Waals surface area contributed by atoms with Gasteiger partial charge in [0.25, 0.3) is 0 Å². The number of aliphatic hydroxyl groups excluding tert-OH is 1. The van der Waals surface area contributed by atoms with Gasteiger partial charge in [0, 0.05) is 17.7 Å². The Morgan fingerprint density at radius 2 is 2.37 bits per heavy atom. The summed E-state index contributed by atoms with van der Waals surface area (Å²) >= 11 is 1.82. The Hall–Kier alpha value is -1.04. The first-order chi connectivity index (χ1) is 9.15. The van der Waals surface area contributed by atoms with Crippen molar-refractivity contribution in [3.63, 3.8) is 0 Å². The molecule has 1 aliphatic rings. The lowest BCUT2D eigenvalue weighted by atomic mass is 10.0. The Balaban J connectivity index is 2.27. The van der Waals surface area contributed by atoms with E-state index in [0.717, 1.165) is 28.5 Å². The summed E-state index contributed by atoms with van der Waals surface area (Å²) in [7, 11) is 1.61. The van der Waals surface area contributed by atoms with Gasteiger partial charge in [0.15, 0.2) is 0 Å². The Kier molecular flexibility index (Phi) is 4.85. The highest BCUT2D eigenvalue weighted by molar-refractivity contribution is 7.99. The Morgan fingerprint density at radius 3 is 3.00 bits per heavy atom. The molecule has 1 aromatic carbocycles. The van der Waals surface area contributed by atoms with Crippen LogP contribution in [0.4, 0.5) is 0 Å². The van der Waals surface area contributed by atoms with Crippen LogP contribution in [-0.4, -0.2) is 41.1 Å². The van der Waals surface area contributed by atoms with Gasteiger partial charge in [0.2, 0.25) is 0 Å². The van der Waals surface area contributed by atoms with E-state index < -0.39 is 0 Å². The highest BCUT2D eigenvalue weighted by Gasteiger charge is 2.28. The van der Waals surface area contributed by atoms with Crippen LogP contribution in [0.15, 0.2) is 18.2 Å². The van der Waals surface area contributed by atoms with Crippen molar-refractivity contribution in [2.45, 2.75) is 19.6 Å². The van der Waals surface area contributed by atoms with E-state index >= 15 is 0 Å². The van der Waals surface area contributed by atoms with Gasteiger partial charge >= 0.3 is 0 Å². The van der Waals surface area contributed by atoms with Gasteiger partial charge in [-0.15, -0.1) is 11.8 Å². The third kappa shape index (κ3) is 3.29. The first-order valence-electron chi connectivity index (χ1n) is 6.24. The van der Waals surface area contributed by atoms with Crippen LogP contribution in [0.25, 0.3) is 0 Å². The van der Waals surface area contributed by atoms with E-state index in [-0.39, 0.29) is 18.4 Å². The molecule has 0 aromatic heterocycles. The van der Waals surface area contributed by atoms with Crippen LogP contribution in [0.3, 0.4) is 0 Å². The second-order valence-electron chi connectivity index (χ2n) is 4.69. The van der Waals surface area contributed by atoms with E-state index in [0.29, 0.717) is 6.54 Å². The zero-order valence-corrected chi connectivity index (χ0v) is 12.1. The number of rotatable bonds is 5. The predicted octanol–water partition coefficient (Wildman–Crippen LogP) is 1.82. The molecule has 0 radical (unpaired) electrons. The van der Waals surface area contributed by atoms with E-state index in [2.05, 4.69) is 4.90 Å². The standard InChI is InChI=1S/C14H19NO3S/c1-10(17)6-15-9-19-8-14(15)13-4-3-12(18-2)5-11(13)7-16/h3-5,14,16H,6-9H2,1-2H3. The van der Waals surface area contributed by atoms with Crippen molar-refractivity contribution in [3.8, 4) is 5.75 Å². The van der Waals surface area contributed by atoms with Crippen LogP contribution in [0, 0.1) is 0 Å². The largest absolute Gasteiger partial charge is 0.497 e. The number of carbonyl (C=O) groups excluding carboxylic acids is 1. The van der Waals surface area contributed by atoms with E-state index in [1.54, 1.807) is 14.0 Å². The molecule has 0 bridgehead atoms. The molecule has 1 heterocycles. The minimum atomic E-state index is -0.0123. The van der Waals surface area contributed by atoms with Gasteiger partial charge in [-0.3, -0.25) is 9.69 Å². The number of ketones is 1. The van der Waals surface area contributed by atoms with Gasteiger partial charge in [-0.1, -0.05) is 6.07 Å². The first-order valence-corrected chi connectivity index (χ1v) is 7.40. The average molecular weight is 281 g/mol. The van der Waals surface area contributed by atoms with Crippen molar-refractivity contribution in [1.29, 1.82) is 0 Å². The van der Waals surface area contributed by atoms with Crippen LogP contribution < -0.4 is 4.74 Å². The van der Waals surface area contributed by atoms with E-state index in [4.69, 9.17) is 4.74 Å². The molecule has 5 heteroatoms. The van der Waals surface area contributed by atoms with Gasteiger partial charge in [0.1, 0.15) is 11.5 Å². The topological polar surface area (TPSA) is 49.8 Å². The second kappa shape index (κ2) is 6.41. The Morgan fingerprint density at radius 1 is 1.58 bits per heavy atom. The van der Waals surface area contributed by atoms with Crippen molar-refractivity contribution in [2.24, 2.45) is 0 Å². The number of carbonyl (C=O) groups is 1. The normalized spacial score (nSPS) is 19.6. The molecule has 1 aliphatic heterocycles. The van der Waals surface area contributed by atoms with Gasteiger partial charge in [-0.2, -0.15) is 0 Å². The van der Waals surface area contributed by atoms with Crippen LogP contribution in [0.2, 0.25) is 0 Å². The fourth-order valence-electron chi connectivity index (χ4n) is 2.38. The van der Waals surface area contributed by atoms with Crippen molar-refractivity contribution < 1.29 is 14.6 Å². The fraction of sp³-hybridized carbons (Fsp3) is 0.500. The molecule has 1 aromatic rings. The minimum absolute atomic E-state index is 0.0123.